The van der Waals surface area contributed by atoms with Crippen molar-refractivity contribution in [2.24, 2.45) is 0 Å². The first-order valence-corrected chi connectivity index (χ1v) is 4.80. The van der Waals surface area contributed by atoms with E-state index >= 15 is 0 Å². The molecule has 0 aliphatic carbocycles. The number of hydrogen-bond acceptors (Lipinski definition) is 1. The molecule has 0 aromatic carbocycles. The highest BCUT2D eigenvalue weighted by Gasteiger charge is 2.33. The molecule has 0 spiro atoms. The van der Waals surface area contributed by atoms with E-state index in [1.54, 1.807) is 0 Å². The van der Waals surface area contributed by atoms with Gasteiger partial charge in [-0.15, -0.1) is 0 Å². The predicted molar refractivity (Wildman–Crippen MR) is 49.1 cm³/mol. The van der Waals surface area contributed by atoms with E-state index in [2.05, 4.69) is 6.92 Å². The lowest BCUT2D eigenvalue weighted by Gasteiger charge is -2.19. The van der Waals surface area contributed by atoms with E-state index in [4.69, 9.17) is 0 Å². The number of rotatable bonds is 3. The molecule has 1 aliphatic rings. The fourth-order valence-electron chi connectivity index (χ4n) is 1.78. The summed E-state index contributed by atoms with van der Waals surface area (Å²) in [7, 11) is 0. The van der Waals surface area contributed by atoms with Crippen LogP contribution < -0.4 is 0 Å². The summed E-state index contributed by atoms with van der Waals surface area (Å²) >= 11 is 0. The van der Waals surface area contributed by atoms with Crippen molar-refractivity contribution in [3.63, 3.8) is 0 Å². The van der Waals surface area contributed by atoms with Gasteiger partial charge in [0, 0.05) is 19.6 Å². The first-order chi connectivity index (χ1) is 5.74. The Kier molecular flexibility index (Phi) is 2.95. The Bertz CT molecular complexity index is 170. The maximum absolute atomic E-state index is 11.6. The molecule has 1 rings (SSSR count). The van der Waals surface area contributed by atoms with Crippen molar-refractivity contribution in [3.05, 3.63) is 0 Å². The van der Waals surface area contributed by atoms with E-state index in [0.29, 0.717) is 6.04 Å². The number of carbonyl (C=O) groups excluding carboxylic acids is 1. The zero-order valence-corrected chi connectivity index (χ0v) is 8.21. The van der Waals surface area contributed by atoms with Crippen molar-refractivity contribution in [2.75, 3.05) is 19.6 Å². The minimum atomic E-state index is 0.215. The molecule has 70 valence electrons. The number of likely N-dealkylation sites (N-methyl/N-ethyl adjacent to an activating group) is 2. The van der Waals surface area contributed by atoms with Gasteiger partial charge in [0.1, 0.15) is 0 Å². The molecular formula is C9H18N2O. The maximum atomic E-state index is 11.6. The lowest BCUT2D eigenvalue weighted by Crippen LogP contribution is -2.34. The van der Waals surface area contributed by atoms with E-state index in [-0.39, 0.29) is 6.03 Å². The highest BCUT2D eigenvalue weighted by Crippen LogP contribution is 2.17. The van der Waals surface area contributed by atoms with Crippen LogP contribution >= 0.6 is 0 Å². The molecule has 0 radical (unpaired) electrons. The van der Waals surface area contributed by atoms with Crippen molar-refractivity contribution < 1.29 is 4.79 Å². The molecule has 0 aromatic heterocycles. The summed E-state index contributed by atoms with van der Waals surface area (Å²) in [4.78, 5) is 15.5. The van der Waals surface area contributed by atoms with Gasteiger partial charge in [0.2, 0.25) is 0 Å². The second kappa shape index (κ2) is 3.78. The van der Waals surface area contributed by atoms with Crippen LogP contribution in [0, 0.1) is 0 Å². The van der Waals surface area contributed by atoms with Crippen LogP contribution in [0.3, 0.4) is 0 Å². The largest absolute Gasteiger partial charge is 0.323 e. The van der Waals surface area contributed by atoms with E-state index in [9.17, 15) is 4.79 Å². The monoisotopic (exact) mass is 170 g/mol. The van der Waals surface area contributed by atoms with Crippen LogP contribution in [0.1, 0.15) is 27.2 Å². The average molecular weight is 170 g/mol. The molecule has 0 N–H and O–H groups in total. The normalized spacial score (nSPS) is 23.9. The van der Waals surface area contributed by atoms with Gasteiger partial charge in [-0.1, -0.05) is 6.92 Å². The summed E-state index contributed by atoms with van der Waals surface area (Å²) in [5.74, 6) is 0. The highest BCUT2D eigenvalue weighted by atomic mass is 16.2. The van der Waals surface area contributed by atoms with Gasteiger partial charge in [-0.25, -0.2) is 4.79 Å². The standard InChI is InChI=1S/C9H18N2O/c1-4-8-7-10(5-2)9(12)11(8)6-3/h8H,4-7H2,1-3H3. The molecule has 1 unspecified atom stereocenters. The molecule has 0 saturated carbocycles. The molecule has 3 heteroatoms. The third kappa shape index (κ3) is 1.40. The Morgan fingerprint density at radius 2 is 2.00 bits per heavy atom. The quantitative estimate of drug-likeness (QED) is 0.630. The Balaban J connectivity index is 2.65. The summed E-state index contributed by atoms with van der Waals surface area (Å²) in [6.45, 7) is 8.81. The number of urea groups is 1. The molecule has 1 aliphatic heterocycles. The van der Waals surface area contributed by atoms with Crippen LogP contribution in [0.25, 0.3) is 0 Å². The fraction of sp³-hybridized carbons (Fsp3) is 0.889. The Morgan fingerprint density at radius 3 is 2.33 bits per heavy atom. The van der Waals surface area contributed by atoms with Gasteiger partial charge in [-0.3, -0.25) is 0 Å². The summed E-state index contributed by atoms with van der Waals surface area (Å²) in [5, 5.41) is 0. The Morgan fingerprint density at radius 1 is 1.33 bits per heavy atom. The van der Waals surface area contributed by atoms with Crippen LogP contribution in [0.2, 0.25) is 0 Å². The van der Waals surface area contributed by atoms with Crippen LogP contribution in [0.4, 0.5) is 4.79 Å². The first kappa shape index (κ1) is 9.36. The van der Waals surface area contributed by atoms with Gasteiger partial charge in [-0.05, 0) is 20.3 Å². The third-order valence-electron chi connectivity index (χ3n) is 2.58. The minimum Gasteiger partial charge on any atom is -0.323 e. The van der Waals surface area contributed by atoms with Gasteiger partial charge >= 0.3 is 6.03 Å². The summed E-state index contributed by atoms with van der Waals surface area (Å²) in [6.07, 6.45) is 1.07. The average Bonchev–Trinajstić information content (AvgIpc) is 2.41. The summed E-state index contributed by atoms with van der Waals surface area (Å²) in [5.41, 5.74) is 0. The van der Waals surface area contributed by atoms with Crippen LogP contribution in [0.15, 0.2) is 0 Å². The zero-order valence-electron chi connectivity index (χ0n) is 8.21. The molecule has 0 bridgehead atoms. The topological polar surface area (TPSA) is 23.6 Å². The lowest BCUT2D eigenvalue weighted by atomic mass is 10.2. The molecule has 3 nitrogen and oxygen atoms in total. The first-order valence-electron chi connectivity index (χ1n) is 4.80. The molecule has 1 saturated heterocycles. The number of amides is 2. The third-order valence-corrected chi connectivity index (χ3v) is 2.58. The summed E-state index contributed by atoms with van der Waals surface area (Å²) in [6, 6.07) is 0.661. The number of nitrogens with zero attached hydrogens (tertiary/aromatic N) is 2. The minimum absolute atomic E-state index is 0.215. The van der Waals surface area contributed by atoms with E-state index in [1.807, 2.05) is 23.6 Å². The Labute approximate surface area is 74.3 Å². The molecule has 1 heterocycles. The van der Waals surface area contributed by atoms with Crippen LogP contribution in [0.5, 0.6) is 0 Å². The number of carbonyl (C=O) groups is 1. The van der Waals surface area contributed by atoms with Gasteiger partial charge in [0.15, 0.2) is 0 Å². The second-order valence-corrected chi connectivity index (χ2v) is 3.17. The Hall–Kier alpha value is -0.730. The van der Waals surface area contributed by atoms with Crippen molar-refractivity contribution in [2.45, 2.75) is 33.2 Å². The highest BCUT2D eigenvalue weighted by molar-refractivity contribution is 5.77. The molecule has 2 amide bonds. The van der Waals surface area contributed by atoms with Crippen LogP contribution in [-0.2, 0) is 0 Å². The van der Waals surface area contributed by atoms with Gasteiger partial charge in [0.05, 0.1) is 6.04 Å². The maximum Gasteiger partial charge on any atom is 0.320 e. The smallest absolute Gasteiger partial charge is 0.320 e. The molecule has 1 fully saturated rings. The van der Waals surface area contributed by atoms with E-state index < -0.39 is 0 Å². The van der Waals surface area contributed by atoms with Gasteiger partial charge in [-0.2, -0.15) is 0 Å². The van der Waals surface area contributed by atoms with Crippen molar-refractivity contribution in [1.29, 1.82) is 0 Å². The second-order valence-electron chi connectivity index (χ2n) is 3.17. The van der Waals surface area contributed by atoms with Crippen molar-refractivity contribution >= 4 is 6.03 Å². The SMILES string of the molecule is CCC1CN(CC)C(=O)N1CC. The zero-order chi connectivity index (χ0) is 9.14. The van der Waals surface area contributed by atoms with Gasteiger partial charge < -0.3 is 9.80 Å². The number of hydrogen-bond donors (Lipinski definition) is 0. The van der Waals surface area contributed by atoms with Gasteiger partial charge in [0.25, 0.3) is 0 Å². The molecular weight excluding hydrogens is 152 g/mol. The van der Waals surface area contributed by atoms with Crippen molar-refractivity contribution in [1.82, 2.24) is 9.80 Å². The molecule has 12 heavy (non-hydrogen) atoms. The summed E-state index contributed by atoms with van der Waals surface area (Å²) < 4.78 is 0. The molecule has 1 atom stereocenters. The van der Waals surface area contributed by atoms with E-state index in [0.717, 1.165) is 26.1 Å². The molecule has 0 aromatic rings. The van der Waals surface area contributed by atoms with E-state index in [1.165, 1.54) is 0 Å². The predicted octanol–water partition coefficient (Wildman–Crippen LogP) is 1.54. The lowest BCUT2D eigenvalue weighted by molar-refractivity contribution is 0.189. The van der Waals surface area contributed by atoms with Crippen LogP contribution in [-0.4, -0.2) is 41.5 Å². The fourth-order valence-corrected chi connectivity index (χ4v) is 1.78. The van der Waals surface area contributed by atoms with Crippen molar-refractivity contribution in [3.8, 4) is 0 Å².